The predicted octanol–water partition coefficient (Wildman–Crippen LogP) is 0.688. The molecule has 0 aromatic rings. The van der Waals surface area contributed by atoms with Gasteiger partial charge in [0.05, 0.1) is 0 Å². The van der Waals surface area contributed by atoms with E-state index in [4.69, 9.17) is 4.74 Å². The second kappa shape index (κ2) is 2.48. The molecule has 0 aromatic heterocycles. The fraction of sp³-hybridized carbons (Fsp3) is 0.875. The highest BCUT2D eigenvalue weighted by molar-refractivity contribution is 5.80. The van der Waals surface area contributed by atoms with E-state index in [0.29, 0.717) is 6.04 Å². The van der Waals surface area contributed by atoms with E-state index in [-0.39, 0.29) is 17.6 Å². The summed E-state index contributed by atoms with van der Waals surface area (Å²) in [7, 11) is 0. The van der Waals surface area contributed by atoms with Crippen LogP contribution in [0.1, 0.15) is 27.7 Å². The first-order chi connectivity index (χ1) is 4.90. The minimum atomic E-state index is -0.360. The highest BCUT2D eigenvalue weighted by atomic mass is 16.6. The van der Waals surface area contributed by atoms with Crippen LogP contribution >= 0.6 is 0 Å². The van der Waals surface area contributed by atoms with Gasteiger partial charge in [-0.1, -0.05) is 0 Å². The molecule has 1 saturated heterocycles. The minimum Gasteiger partial charge on any atom is -0.459 e. The van der Waals surface area contributed by atoms with Crippen molar-refractivity contribution >= 4 is 5.97 Å². The lowest BCUT2D eigenvalue weighted by atomic mass is 10.2. The smallest absolute Gasteiger partial charge is 0.325 e. The summed E-state index contributed by atoms with van der Waals surface area (Å²) in [6.07, 6.45) is 0. The summed E-state index contributed by atoms with van der Waals surface area (Å²) in [5, 5.41) is 2.98. The van der Waals surface area contributed by atoms with Crippen LogP contribution in [0.2, 0.25) is 0 Å². The van der Waals surface area contributed by atoms with Crippen LogP contribution in [-0.2, 0) is 9.53 Å². The summed E-state index contributed by atoms with van der Waals surface area (Å²) in [4.78, 5) is 11.1. The molecule has 2 atom stereocenters. The monoisotopic (exact) mass is 157 g/mol. The summed E-state index contributed by atoms with van der Waals surface area (Å²) >= 11 is 0. The van der Waals surface area contributed by atoms with Crippen molar-refractivity contribution in [1.29, 1.82) is 0 Å². The molecule has 0 bridgehead atoms. The molecular formula is C8H15NO2. The SMILES string of the molecule is CC1NC1C(=O)OC(C)(C)C. The summed E-state index contributed by atoms with van der Waals surface area (Å²) in [6.45, 7) is 7.59. The molecule has 0 aliphatic carbocycles. The van der Waals surface area contributed by atoms with E-state index in [1.807, 2.05) is 27.7 Å². The van der Waals surface area contributed by atoms with E-state index in [9.17, 15) is 4.79 Å². The molecule has 3 heteroatoms. The van der Waals surface area contributed by atoms with Crippen molar-refractivity contribution < 1.29 is 9.53 Å². The van der Waals surface area contributed by atoms with Crippen molar-refractivity contribution in [3.8, 4) is 0 Å². The van der Waals surface area contributed by atoms with Crippen LogP contribution in [-0.4, -0.2) is 23.7 Å². The molecule has 1 aliphatic heterocycles. The van der Waals surface area contributed by atoms with Crippen LogP contribution in [0.15, 0.2) is 0 Å². The quantitative estimate of drug-likeness (QED) is 0.450. The maximum Gasteiger partial charge on any atom is 0.325 e. The average Bonchev–Trinajstić information content (AvgIpc) is 2.41. The second-order valence-corrected chi connectivity index (χ2v) is 3.97. The van der Waals surface area contributed by atoms with E-state index in [1.165, 1.54) is 0 Å². The van der Waals surface area contributed by atoms with Crippen molar-refractivity contribution in [1.82, 2.24) is 5.32 Å². The van der Waals surface area contributed by atoms with Crippen LogP contribution in [0, 0.1) is 0 Å². The van der Waals surface area contributed by atoms with Gasteiger partial charge in [-0.2, -0.15) is 0 Å². The molecule has 64 valence electrons. The first-order valence-corrected chi connectivity index (χ1v) is 3.89. The number of rotatable bonds is 1. The Kier molecular flexibility index (Phi) is 1.92. The number of carbonyl (C=O) groups excluding carboxylic acids is 1. The van der Waals surface area contributed by atoms with Gasteiger partial charge in [-0.3, -0.25) is 10.1 Å². The Bertz CT molecular complexity index is 171. The molecule has 1 aliphatic rings. The summed E-state index contributed by atoms with van der Waals surface area (Å²) in [5.41, 5.74) is -0.360. The van der Waals surface area contributed by atoms with E-state index >= 15 is 0 Å². The van der Waals surface area contributed by atoms with Gasteiger partial charge in [-0.25, -0.2) is 0 Å². The lowest BCUT2D eigenvalue weighted by molar-refractivity contribution is -0.154. The first kappa shape index (κ1) is 8.53. The normalized spacial score (nSPS) is 29.8. The predicted molar refractivity (Wildman–Crippen MR) is 42.2 cm³/mol. The van der Waals surface area contributed by atoms with Gasteiger partial charge in [0.1, 0.15) is 11.6 Å². The molecule has 0 saturated carbocycles. The van der Waals surface area contributed by atoms with Gasteiger partial charge >= 0.3 is 5.97 Å². The molecule has 0 amide bonds. The largest absolute Gasteiger partial charge is 0.459 e. The highest BCUT2D eigenvalue weighted by Crippen LogP contribution is 2.16. The standard InChI is InChI=1S/C8H15NO2/c1-5-6(9-5)7(10)11-8(2,3)4/h5-6,9H,1-4H3. The Morgan fingerprint density at radius 3 is 2.18 bits per heavy atom. The van der Waals surface area contributed by atoms with Gasteiger partial charge in [0.2, 0.25) is 0 Å². The number of esters is 1. The zero-order valence-corrected chi connectivity index (χ0v) is 7.47. The van der Waals surface area contributed by atoms with Crippen molar-refractivity contribution in [2.45, 2.75) is 45.4 Å². The maximum absolute atomic E-state index is 11.1. The van der Waals surface area contributed by atoms with Gasteiger partial charge in [0.15, 0.2) is 0 Å². The minimum absolute atomic E-state index is 0.0609. The second-order valence-electron chi connectivity index (χ2n) is 3.97. The zero-order valence-electron chi connectivity index (χ0n) is 7.47. The summed E-state index contributed by atoms with van der Waals surface area (Å²) < 4.78 is 5.13. The molecule has 3 nitrogen and oxygen atoms in total. The van der Waals surface area contributed by atoms with Crippen LogP contribution in [0.3, 0.4) is 0 Å². The molecule has 11 heavy (non-hydrogen) atoms. The molecule has 0 radical (unpaired) electrons. The third kappa shape index (κ3) is 2.50. The fourth-order valence-electron chi connectivity index (χ4n) is 0.865. The Labute approximate surface area is 67.1 Å². The van der Waals surface area contributed by atoms with Gasteiger partial charge in [0, 0.05) is 6.04 Å². The van der Waals surface area contributed by atoms with Gasteiger partial charge in [-0.05, 0) is 27.7 Å². The van der Waals surface area contributed by atoms with E-state index in [0.717, 1.165) is 0 Å². The third-order valence-electron chi connectivity index (χ3n) is 1.49. The van der Waals surface area contributed by atoms with Crippen LogP contribution < -0.4 is 5.32 Å². The number of hydrogen-bond donors (Lipinski definition) is 1. The third-order valence-corrected chi connectivity index (χ3v) is 1.49. The molecule has 0 spiro atoms. The molecule has 0 aromatic carbocycles. The number of ether oxygens (including phenoxy) is 1. The molecule has 2 unspecified atom stereocenters. The van der Waals surface area contributed by atoms with Crippen LogP contribution in [0.4, 0.5) is 0 Å². The summed E-state index contributed by atoms with van der Waals surface area (Å²) in [6, 6.07) is 0.235. The number of nitrogens with one attached hydrogen (secondary N) is 1. The van der Waals surface area contributed by atoms with Crippen molar-refractivity contribution in [3.05, 3.63) is 0 Å². The Morgan fingerprint density at radius 1 is 1.45 bits per heavy atom. The molecule has 1 N–H and O–H groups in total. The van der Waals surface area contributed by atoms with Crippen LogP contribution in [0.5, 0.6) is 0 Å². The highest BCUT2D eigenvalue weighted by Gasteiger charge is 2.41. The van der Waals surface area contributed by atoms with Crippen LogP contribution in [0.25, 0.3) is 0 Å². The van der Waals surface area contributed by atoms with Gasteiger partial charge in [0.25, 0.3) is 0 Å². The van der Waals surface area contributed by atoms with E-state index in [2.05, 4.69) is 5.32 Å². The fourth-order valence-corrected chi connectivity index (χ4v) is 0.865. The van der Waals surface area contributed by atoms with E-state index < -0.39 is 0 Å². The zero-order chi connectivity index (χ0) is 8.65. The lowest BCUT2D eigenvalue weighted by Gasteiger charge is -2.18. The van der Waals surface area contributed by atoms with Crippen molar-refractivity contribution in [3.63, 3.8) is 0 Å². The molecule has 1 fully saturated rings. The topological polar surface area (TPSA) is 48.2 Å². The number of hydrogen-bond acceptors (Lipinski definition) is 3. The Balaban J connectivity index is 2.33. The van der Waals surface area contributed by atoms with Crippen molar-refractivity contribution in [2.75, 3.05) is 0 Å². The Hall–Kier alpha value is -0.570. The van der Waals surface area contributed by atoms with Gasteiger partial charge in [-0.15, -0.1) is 0 Å². The molecule has 1 rings (SSSR count). The molecular weight excluding hydrogens is 142 g/mol. The Morgan fingerprint density at radius 2 is 1.91 bits per heavy atom. The summed E-state index contributed by atoms with van der Waals surface area (Å²) in [5.74, 6) is -0.134. The van der Waals surface area contributed by atoms with E-state index in [1.54, 1.807) is 0 Å². The lowest BCUT2D eigenvalue weighted by Crippen LogP contribution is -2.27. The van der Waals surface area contributed by atoms with Gasteiger partial charge < -0.3 is 4.74 Å². The number of carbonyl (C=O) groups is 1. The molecule has 1 heterocycles. The van der Waals surface area contributed by atoms with Crippen molar-refractivity contribution in [2.24, 2.45) is 0 Å². The first-order valence-electron chi connectivity index (χ1n) is 3.89. The maximum atomic E-state index is 11.1. The average molecular weight is 157 g/mol.